The molecule has 19 heavy (non-hydrogen) atoms. The quantitative estimate of drug-likeness (QED) is 0.820. The summed E-state index contributed by atoms with van der Waals surface area (Å²) in [5.41, 5.74) is 0. The second kappa shape index (κ2) is 6.44. The molecule has 0 saturated carbocycles. The molecule has 0 fully saturated rings. The first kappa shape index (κ1) is 16.1. The van der Waals surface area contributed by atoms with E-state index in [1.807, 2.05) is 0 Å². The highest BCUT2D eigenvalue weighted by Crippen LogP contribution is 2.23. The van der Waals surface area contributed by atoms with Crippen molar-refractivity contribution >= 4 is 31.9 Å². The Kier molecular flexibility index (Phi) is 5.45. The van der Waals surface area contributed by atoms with E-state index in [4.69, 9.17) is 5.11 Å². The van der Waals surface area contributed by atoms with Crippen LogP contribution in [0.25, 0.3) is 0 Å². The maximum absolute atomic E-state index is 13.1. The van der Waals surface area contributed by atoms with Crippen molar-refractivity contribution in [3.63, 3.8) is 0 Å². The summed E-state index contributed by atoms with van der Waals surface area (Å²) in [6, 6.07) is 1.95. The van der Waals surface area contributed by atoms with Crippen molar-refractivity contribution in [1.82, 2.24) is 4.72 Å². The Hall–Kier alpha value is -0.990. The number of carbonyl (C=O) groups is 1. The van der Waals surface area contributed by atoms with E-state index in [0.29, 0.717) is 6.42 Å². The van der Waals surface area contributed by atoms with Crippen molar-refractivity contribution < 1.29 is 22.7 Å². The summed E-state index contributed by atoms with van der Waals surface area (Å²) >= 11 is 3.00. The molecule has 0 bridgehead atoms. The molecule has 5 nitrogen and oxygen atoms in total. The highest BCUT2D eigenvalue weighted by molar-refractivity contribution is 9.10. The Morgan fingerprint density at radius 3 is 2.68 bits per heavy atom. The van der Waals surface area contributed by atoms with Crippen LogP contribution < -0.4 is 4.72 Å². The third-order valence-electron chi connectivity index (χ3n) is 2.36. The Morgan fingerprint density at radius 2 is 2.16 bits per heavy atom. The van der Waals surface area contributed by atoms with Crippen LogP contribution in [0.4, 0.5) is 4.39 Å². The number of halogens is 2. The average Bonchev–Trinajstić information content (AvgIpc) is 2.31. The molecule has 0 aliphatic carbocycles. The SMILES string of the molecule is CCCC(NS(=O)(=O)c1cc(F)ccc1Br)C(=O)O. The van der Waals surface area contributed by atoms with Crippen molar-refractivity contribution in [3.8, 4) is 0 Å². The first-order chi connectivity index (χ1) is 8.77. The van der Waals surface area contributed by atoms with Crippen LogP contribution in [-0.4, -0.2) is 25.5 Å². The lowest BCUT2D eigenvalue weighted by atomic mass is 10.2. The molecule has 1 aromatic carbocycles. The van der Waals surface area contributed by atoms with E-state index in [1.165, 1.54) is 6.07 Å². The van der Waals surface area contributed by atoms with Gasteiger partial charge in [0.2, 0.25) is 10.0 Å². The average molecular weight is 354 g/mol. The third-order valence-corrected chi connectivity index (χ3v) is 4.82. The van der Waals surface area contributed by atoms with Gasteiger partial charge in [-0.2, -0.15) is 4.72 Å². The van der Waals surface area contributed by atoms with E-state index < -0.39 is 27.9 Å². The molecular weight excluding hydrogens is 341 g/mol. The molecule has 1 rings (SSSR count). The lowest BCUT2D eigenvalue weighted by Crippen LogP contribution is -2.40. The highest BCUT2D eigenvalue weighted by atomic mass is 79.9. The monoisotopic (exact) mass is 353 g/mol. The first-order valence-electron chi connectivity index (χ1n) is 5.48. The molecule has 0 aliphatic rings. The fraction of sp³-hybridized carbons (Fsp3) is 0.364. The van der Waals surface area contributed by atoms with Crippen molar-refractivity contribution in [1.29, 1.82) is 0 Å². The number of hydrogen-bond acceptors (Lipinski definition) is 3. The normalized spacial score (nSPS) is 13.2. The second-order valence-electron chi connectivity index (χ2n) is 3.88. The van der Waals surface area contributed by atoms with Gasteiger partial charge in [0.25, 0.3) is 0 Å². The molecule has 1 unspecified atom stereocenters. The summed E-state index contributed by atoms with van der Waals surface area (Å²) in [7, 11) is -4.10. The third kappa shape index (κ3) is 4.26. The Morgan fingerprint density at radius 1 is 1.53 bits per heavy atom. The van der Waals surface area contributed by atoms with Crippen LogP contribution in [0.3, 0.4) is 0 Å². The van der Waals surface area contributed by atoms with Crippen molar-refractivity contribution in [3.05, 3.63) is 28.5 Å². The second-order valence-corrected chi connectivity index (χ2v) is 6.41. The number of nitrogens with one attached hydrogen (secondary N) is 1. The number of hydrogen-bond donors (Lipinski definition) is 2. The van der Waals surface area contributed by atoms with Crippen LogP contribution >= 0.6 is 15.9 Å². The topological polar surface area (TPSA) is 83.5 Å². The van der Waals surface area contributed by atoms with Gasteiger partial charge in [0.15, 0.2) is 0 Å². The molecule has 8 heteroatoms. The summed E-state index contributed by atoms with van der Waals surface area (Å²) in [6.45, 7) is 1.74. The maximum Gasteiger partial charge on any atom is 0.321 e. The zero-order valence-corrected chi connectivity index (χ0v) is 12.5. The number of aliphatic carboxylic acids is 1. The van der Waals surface area contributed by atoms with Crippen LogP contribution in [0.5, 0.6) is 0 Å². The predicted octanol–water partition coefficient (Wildman–Crippen LogP) is 2.12. The smallest absolute Gasteiger partial charge is 0.321 e. The summed E-state index contributed by atoms with van der Waals surface area (Å²) in [5.74, 6) is -1.98. The molecule has 0 heterocycles. The summed E-state index contributed by atoms with van der Waals surface area (Å²) in [5, 5.41) is 8.93. The van der Waals surface area contributed by atoms with Gasteiger partial charge in [-0.15, -0.1) is 0 Å². The van der Waals surface area contributed by atoms with Crippen LogP contribution in [0.2, 0.25) is 0 Å². The van der Waals surface area contributed by atoms with Gasteiger partial charge in [0, 0.05) is 4.47 Å². The number of sulfonamides is 1. The lowest BCUT2D eigenvalue weighted by Gasteiger charge is -2.14. The summed E-state index contributed by atoms with van der Waals surface area (Å²) in [4.78, 5) is 10.6. The predicted molar refractivity (Wildman–Crippen MR) is 70.8 cm³/mol. The van der Waals surface area contributed by atoms with E-state index in [2.05, 4.69) is 20.7 Å². The fourth-order valence-corrected chi connectivity index (χ4v) is 3.65. The van der Waals surface area contributed by atoms with Crippen molar-refractivity contribution in [2.75, 3.05) is 0 Å². The molecule has 0 saturated heterocycles. The van der Waals surface area contributed by atoms with Gasteiger partial charge in [0.05, 0.1) is 4.90 Å². The lowest BCUT2D eigenvalue weighted by molar-refractivity contribution is -0.139. The Balaban J connectivity index is 3.10. The summed E-state index contributed by atoms with van der Waals surface area (Å²) < 4.78 is 39.4. The van der Waals surface area contributed by atoms with Crippen molar-refractivity contribution in [2.24, 2.45) is 0 Å². The molecule has 0 amide bonds. The molecular formula is C11H13BrFNO4S. The van der Waals surface area contributed by atoms with Crippen LogP contribution in [-0.2, 0) is 14.8 Å². The molecule has 0 aromatic heterocycles. The largest absolute Gasteiger partial charge is 0.480 e. The Labute approximate surface area is 119 Å². The standard InChI is InChI=1S/C11H13BrFNO4S/c1-2-3-9(11(15)16)14-19(17,18)10-6-7(13)4-5-8(10)12/h4-6,9,14H,2-3H2,1H3,(H,15,16). The molecule has 0 aliphatic heterocycles. The minimum atomic E-state index is -4.10. The van der Waals surface area contributed by atoms with Gasteiger partial charge in [-0.25, -0.2) is 12.8 Å². The van der Waals surface area contributed by atoms with Crippen LogP contribution in [0.1, 0.15) is 19.8 Å². The zero-order chi connectivity index (χ0) is 14.6. The minimum absolute atomic E-state index is 0.154. The molecule has 0 spiro atoms. The van der Waals surface area contributed by atoms with E-state index in [9.17, 15) is 17.6 Å². The molecule has 1 atom stereocenters. The van der Waals surface area contributed by atoms with Gasteiger partial charge in [-0.1, -0.05) is 13.3 Å². The van der Waals surface area contributed by atoms with E-state index >= 15 is 0 Å². The van der Waals surface area contributed by atoms with Gasteiger partial charge in [0.1, 0.15) is 11.9 Å². The van der Waals surface area contributed by atoms with Gasteiger partial charge in [-0.05, 0) is 40.5 Å². The first-order valence-corrected chi connectivity index (χ1v) is 7.75. The molecule has 0 radical (unpaired) electrons. The highest BCUT2D eigenvalue weighted by Gasteiger charge is 2.26. The number of benzene rings is 1. The van der Waals surface area contributed by atoms with Crippen LogP contribution in [0.15, 0.2) is 27.6 Å². The fourth-order valence-electron chi connectivity index (χ4n) is 1.46. The van der Waals surface area contributed by atoms with Gasteiger partial charge < -0.3 is 5.11 Å². The maximum atomic E-state index is 13.1. The van der Waals surface area contributed by atoms with Crippen LogP contribution in [0, 0.1) is 5.82 Å². The van der Waals surface area contributed by atoms with E-state index in [1.54, 1.807) is 6.92 Å². The molecule has 2 N–H and O–H groups in total. The zero-order valence-electron chi connectivity index (χ0n) is 10.1. The summed E-state index contributed by atoms with van der Waals surface area (Å²) in [6.07, 6.45) is 0.658. The number of rotatable bonds is 6. The minimum Gasteiger partial charge on any atom is -0.480 e. The van der Waals surface area contributed by atoms with Gasteiger partial charge in [-0.3, -0.25) is 4.79 Å². The van der Waals surface area contributed by atoms with Crippen molar-refractivity contribution in [2.45, 2.75) is 30.7 Å². The Bertz CT molecular complexity index is 576. The number of carboxylic acid groups (broad SMARTS) is 1. The van der Waals surface area contributed by atoms with E-state index in [0.717, 1.165) is 12.1 Å². The van der Waals surface area contributed by atoms with E-state index in [-0.39, 0.29) is 15.8 Å². The number of carboxylic acids is 1. The molecule has 1 aromatic rings. The van der Waals surface area contributed by atoms with Gasteiger partial charge >= 0.3 is 5.97 Å². The molecule has 106 valence electrons.